The van der Waals surface area contributed by atoms with Crippen LogP contribution < -0.4 is 0 Å². The van der Waals surface area contributed by atoms with E-state index in [0.717, 1.165) is 23.7 Å². The van der Waals surface area contributed by atoms with E-state index in [-0.39, 0.29) is 5.41 Å². The second-order valence-electron chi connectivity index (χ2n) is 10.4. The van der Waals surface area contributed by atoms with Crippen molar-refractivity contribution in [2.45, 2.75) is 84.3 Å². The fourth-order valence-corrected chi connectivity index (χ4v) is 7.48. The van der Waals surface area contributed by atoms with Crippen LogP contribution in [0.3, 0.4) is 0 Å². The molecule has 8 atom stereocenters. The summed E-state index contributed by atoms with van der Waals surface area (Å²) in [6, 6.07) is 0. The summed E-state index contributed by atoms with van der Waals surface area (Å²) in [5.41, 5.74) is 2.01. The number of aliphatic hydroxyl groups excluding tert-OH is 1. The Morgan fingerprint density at radius 2 is 2.00 bits per heavy atom. The molecule has 1 unspecified atom stereocenters. The lowest BCUT2D eigenvalue weighted by Crippen LogP contribution is -2.53. The monoisotopic (exact) mass is 386 g/mol. The largest absolute Gasteiger partial charge is 0.381 e. The molecule has 3 saturated carbocycles. The Morgan fingerprint density at radius 3 is 2.75 bits per heavy atom. The van der Waals surface area contributed by atoms with Gasteiger partial charge in [-0.05, 0) is 87.4 Å². The summed E-state index contributed by atoms with van der Waals surface area (Å²) in [5.74, 6) is 9.57. The fourth-order valence-electron chi connectivity index (χ4n) is 7.48. The first kappa shape index (κ1) is 20.5. The van der Waals surface area contributed by atoms with Crippen LogP contribution in [0.1, 0.15) is 72.1 Å². The second kappa shape index (κ2) is 7.78. The van der Waals surface area contributed by atoms with Crippen molar-refractivity contribution in [3.8, 4) is 11.8 Å². The van der Waals surface area contributed by atoms with Crippen LogP contribution >= 0.6 is 0 Å². The summed E-state index contributed by atoms with van der Waals surface area (Å²) >= 11 is 0. The van der Waals surface area contributed by atoms with Gasteiger partial charge in [0.25, 0.3) is 0 Å². The van der Waals surface area contributed by atoms with Gasteiger partial charge in [-0.2, -0.15) is 0 Å². The molecule has 0 aromatic carbocycles. The van der Waals surface area contributed by atoms with Crippen LogP contribution in [-0.2, 0) is 9.47 Å². The molecular weight excluding hydrogens is 348 g/mol. The van der Waals surface area contributed by atoms with Gasteiger partial charge in [-0.3, -0.25) is 0 Å². The summed E-state index contributed by atoms with van der Waals surface area (Å²) in [7, 11) is 1.71. The number of hydrogen-bond donors (Lipinski definition) is 1. The standard InChI is InChI=1S/C25H38O3/c1-17(26)5-6-18-8-10-22-21-9-7-19-15-20(28-16-27-4)11-13-25(19,3)23(21)12-14-24(18,22)2/h8,17,19-23,26H,7,9-16H2,1-4H3/t17?,19-,20+,21-,22-,23-,24+,25-/m0/s1. The van der Waals surface area contributed by atoms with Crippen molar-refractivity contribution in [3.05, 3.63) is 11.6 Å². The third-order valence-corrected chi connectivity index (χ3v) is 9.04. The van der Waals surface area contributed by atoms with E-state index in [9.17, 15) is 5.11 Å². The average molecular weight is 387 g/mol. The Kier molecular flexibility index (Phi) is 5.69. The molecule has 0 spiro atoms. The van der Waals surface area contributed by atoms with Gasteiger partial charge in [-0.15, -0.1) is 0 Å². The summed E-state index contributed by atoms with van der Waals surface area (Å²) in [4.78, 5) is 0. The van der Waals surface area contributed by atoms with Gasteiger partial charge in [-0.25, -0.2) is 0 Å². The number of rotatable bonds is 3. The topological polar surface area (TPSA) is 38.7 Å². The van der Waals surface area contributed by atoms with Crippen molar-refractivity contribution in [1.29, 1.82) is 0 Å². The van der Waals surface area contributed by atoms with Gasteiger partial charge >= 0.3 is 0 Å². The second-order valence-corrected chi connectivity index (χ2v) is 10.4. The van der Waals surface area contributed by atoms with Crippen LogP contribution in [0.2, 0.25) is 0 Å². The van der Waals surface area contributed by atoms with Crippen molar-refractivity contribution >= 4 is 0 Å². The number of aliphatic hydroxyl groups is 1. The summed E-state index contributed by atoms with van der Waals surface area (Å²) in [6.45, 7) is 7.24. The van der Waals surface area contributed by atoms with E-state index >= 15 is 0 Å². The zero-order valence-corrected chi connectivity index (χ0v) is 18.2. The lowest BCUT2D eigenvalue weighted by molar-refractivity contribution is -0.147. The Balaban J connectivity index is 1.49. The molecule has 0 aromatic heterocycles. The zero-order valence-electron chi connectivity index (χ0n) is 18.2. The first-order chi connectivity index (χ1) is 13.4. The van der Waals surface area contributed by atoms with Crippen LogP contribution in [-0.4, -0.2) is 31.2 Å². The minimum Gasteiger partial charge on any atom is -0.381 e. The highest BCUT2D eigenvalue weighted by Crippen LogP contribution is 2.66. The molecule has 4 rings (SSSR count). The van der Waals surface area contributed by atoms with Gasteiger partial charge in [0, 0.05) is 18.1 Å². The maximum absolute atomic E-state index is 9.60. The van der Waals surface area contributed by atoms with Crippen molar-refractivity contribution in [2.75, 3.05) is 13.9 Å². The Hall–Kier alpha value is -0.820. The number of methoxy groups -OCH3 is 1. The number of allylic oxidation sites excluding steroid dienone is 2. The number of fused-ring (bicyclic) bond motifs is 5. The van der Waals surface area contributed by atoms with Crippen molar-refractivity contribution in [2.24, 2.45) is 34.5 Å². The van der Waals surface area contributed by atoms with E-state index < -0.39 is 6.10 Å². The molecule has 4 aliphatic rings. The van der Waals surface area contributed by atoms with Gasteiger partial charge in [-0.1, -0.05) is 31.8 Å². The van der Waals surface area contributed by atoms with E-state index in [1.54, 1.807) is 14.0 Å². The lowest BCUT2D eigenvalue weighted by atomic mass is 9.44. The maximum Gasteiger partial charge on any atom is 0.146 e. The number of hydrogen-bond acceptors (Lipinski definition) is 3. The highest BCUT2D eigenvalue weighted by molar-refractivity contribution is 5.40. The molecule has 4 aliphatic carbocycles. The van der Waals surface area contributed by atoms with E-state index in [1.165, 1.54) is 56.9 Å². The Bertz CT molecular complexity index is 671. The van der Waals surface area contributed by atoms with Gasteiger partial charge in [0.05, 0.1) is 6.10 Å². The molecular formula is C25H38O3. The van der Waals surface area contributed by atoms with Crippen molar-refractivity contribution in [3.63, 3.8) is 0 Å². The quantitative estimate of drug-likeness (QED) is 0.552. The molecule has 0 amide bonds. The molecule has 28 heavy (non-hydrogen) atoms. The van der Waals surface area contributed by atoms with Crippen LogP contribution in [0.25, 0.3) is 0 Å². The normalized spacial score (nSPS) is 45.8. The van der Waals surface area contributed by atoms with Crippen LogP contribution in [0.5, 0.6) is 0 Å². The number of ether oxygens (including phenoxy) is 2. The molecule has 0 radical (unpaired) electrons. The smallest absolute Gasteiger partial charge is 0.146 e. The molecule has 0 heterocycles. The zero-order chi connectivity index (χ0) is 19.9. The van der Waals surface area contributed by atoms with Crippen LogP contribution in [0.15, 0.2) is 11.6 Å². The van der Waals surface area contributed by atoms with Crippen molar-refractivity contribution in [1.82, 2.24) is 0 Å². The predicted molar refractivity (Wildman–Crippen MR) is 111 cm³/mol. The van der Waals surface area contributed by atoms with E-state index in [2.05, 4.69) is 31.8 Å². The minimum absolute atomic E-state index is 0.227. The minimum atomic E-state index is -0.537. The van der Waals surface area contributed by atoms with Gasteiger partial charge in [0.2, 0.25) is 0 Å². The SMILES string of the molecule is COCO[C@@H]1CC[C@@]2(C)[C@@H](CC[C@@H]3[C@@H]2CC[C@]2(C)C(C#CC(C)O)=CC[C@@H]32)C1. The van der Waals surface area contributed by atoms with Gasteiger partial charge < -0.3 is 14.6 Å². The average Bonchev–Trinajstić information content (AvgIpc) is 3.01. The molecule has 0 saturated heterocycles. The molecule has 1 N–H and O–H groups in total. The molecule has 3 heteroatoms. The van der Waals surface area contributed by atoms with E-state index in [4.69, 9.17) is 9.47 Å². The van der Waals surface area contributed by atoms with Crippen LogP contribution in [0, 0.1) is 46.3 Å². The van der Waals surface area contributed by atoms with Gasteiger partial charge in [0.15, 0.2) is 0 Å². The molecule has 0 bridgehead atoms. The van der Waals surface area contributed by atoms with Gasteiger partial charge in [0.1, 0.15) is 12.9 Å². The van der Waals surface area contributed by atoms with Crippen LogP contribution in [0.4, 0.5) is 0 Å². The third kappa shape index (κ3) is 3.36. The molecule has 0 aromatic rings. The molecule has 0 aliphatic heterocycles. The summed E-state index contributed by atoms with van der Waals surface area (Å²) in [6.07, 6.45) is 12.4. The van der Waals surface area contributed by atoms with E-state index in [1.807, 2.05) is 0 Å². The van der Waals surface area contributed by atoms with E-state index in [0.29, 0.717) is 18.3 Å². The summed E-state index contributed by atoms with van der Waals surface area (Å²) < 4.78 is 11.1. The lowest BCUT2D eigenvalue weighted by Gasteiger charge is -2.60. The highest BCUT2D eigenvalue weighted by atomic mass is 16.7. The molecule has 156 valence electrons. The molecule has 3 fully saturated rings. The third-order valence-electron chi connectivity index (χ3n) is 9.04. The summed E-state index contributed by atoms with van der Waals surface area (Å²) in [5, 5.41) is 9.60. The molecule has 3 nitrogen and oxygen atoms in total. The first-order valence-corrected chi connectivity index (χ1v) is 11.4. The first-order valence-electron chi connectivity index (χ1n) is 11.4. The Labute approximate surface area is 171 Å². The highest BCUT2D eigenvalue weighted by Gasteiger charge is 2.58. The fraction of sp³-hybridized carbons (Fsp3) is 0.840. The predicted octanol–water partition coefficient (Wildman–Crippen LogP) is 4.94. The maximum atomic E-state index is 9.60. The van der Waals surface area contributed by atoms with Crippen molar-refractivity contribution < 1.29 is 14.6 Å². The Morgan fingerprint density at radius 1 is 1.18 bits per heavy atom.